The van der Waals surface area contributed by atoms with Gasteiger partial charge < -0.3 is 5.11 Å². The van der Waals surface area contributed by atoms with Crippen molar-refractivity contribution in [2.45, 2.75) is 64.2 Å². The first-order valence-electron chi connectivity index (χ1n) is 5.66. The second-order valence-corrected chi connectivity index (χ2v) is 3.73. The molecule has 14 heavy (non-hydrogen) atoms. The van der Waals surface area contributed by atoms with Crippen molar-refractivity contribution in [3.63, 3.8) is 0 Å². The molecule has 0 spiro atoms. The van der Waals surface area contributed by atoms with Crippen LogP contribution in [0.1, 0.15) is 57.8 Å². The Labute approximate surface area is 85.5 Å². The number of rotatable bonds is 10. The molecule has 0 rings (SSSR count). The predicted molar refractivity (Wildman–Crippen MR) is 54.6 cm³/mol. The molecule has 0 aromatic heterocycles. The van der Waals surface area contributed by atoms with Crippen LogP contribution in [0, 0.1) is 0 Å². The standard InChI is InChI=1S/C11H22F2O/c12-11(13)9-7-5-3-1-2-4-6-8-10-14/h11,14H,1-10H2. The van der Waals surface area contributed by atoms with Gasteiger partial charge in [0, 0.05) is 13.0 Å². The minimum Gasteiger partial charge on any atom is -0.396 e. The second kappa shape index (κ2) is 10.9. The van der Waals surface area contributed by atoms with Crippen molar-refractivity contribution in [3.05, 3.63) is 0 Å². The molecule has 0 amide bonds. The van der Waals surface area contributed by atoms with Crippen molar-refractivity contribution < 1.29 is 13.9 Å². The zero-order valence-corrected chi connectivity index (χ0v) is 8.85. The molecular weight excluding hydrogens is 186 g/mol. The van der Waals surface area contributed by atoms with E-state index >= 15 is 0 Å². The van der Waals surface area contributed by atoms with Crippen LogP contribution in [-0.2, 0) is 0 Å². The van der Waals surface area contributed by atoms with Crippen molar-refractivity contribution in [1.29, 1.82) is 0 Å². The van der Waals surface area contributed by atoms with Gasteiger partial charge in [0.15, 0.2) is 0 Å². The van der Waals surface area contributed by atoms with Gasteiger partial charge in [0.1, 0.15) is 0 Å². The molecular formula is C11H22F2O. The van der Waals surface area contributed by atoms with Crippen molar-refractivity contribution >= 4 is 0 Å². The first-order chi connectivity index (χ1) is 6.77. The Morgan fingerprint density at radius 1 is 0.714 bits per heavy atom. The molecule has 0 aliphatic heterocycles. The molecule has 0 saturated carbocycles. The topological polar surface area (TPSA) is 20.2 Å². The lowest BCUT2D eigenvalue weighted by Crippen LogP contribution is -1.89. The predicted octanol–water partition coefficient (Wildman–Crippen LogP) is 3.75. The summed E-state index contributed by atoms with van der Waals surface area (Å²) in [6.45, 7) is 0.286. The number of unbranched alkanes of at least 4 members (excludes halogenated alkanes) is 7. The number of aliphatic hydroxyl groups is 1. The summed E-state index contributed by atoms with van der Waals surface area (Å²) in [5.41, 5.74) is 0. The van der Waals surface area contributed by atoms with Gasteiger partial charge in [0.2, 0.25) is 6.43 Å². The molecule has 3 heteroatoms. The Hall–Kier alpha value is -0.180. The Morgan fingerprint density at radius 2 is 1.14 bits per heavy atom. The zero-order chi connectivity index (χ0) is 10.6. The third-order valence-electron chi connectivity index (χ3n) is 2.33. The fourth-order valence-electron chi connectivity index (χ4n) is 1.47. The Bertz CT molecular complexity index is 107. The molecule has 0 heterocycles. The van der Waals surface area contributed by atoms with E-state index in [0.29, 0.717) is 6.42 Å². The summed E-state index contributed by atoms with van der Waals surface area (Å²) in [7, 11) is 0. The SMILES string of the molecule is OCCCCCCCCCCC(F)F. The third-order valence-corrected chi connectivity index (χ3v) is 2.33. The largest absolute Gasteiger partial charge is 0.396 e. The van der Waals surface area contributed by atoms with E-state index in [2.05, 4.69) is 0 Å². The summed E-state index contributed by atoms with van der Waals surface area (Å²) in [6.07, 6.45) is 6.08. The smallest absolute Gasteiger partial charge is 0.238 e. The van der Waals surface area contributed by atoms with Crippen LogP contribution in [0.15, 0.2) is 0 Å². The van der Waals surface area contributed by atoms with Gasteiger partial charge in [-0.2, -0.15) is 0 Å². The zero-order valence-electron chi connectivity index (χ0n) is 8.85. The minimum atomic E-state index is -2.13. The summed E-state index contributed by atoms with van der Waals surface area (Å²) in [4.78, 5) is 0. The highest BCUT2D eigenvalue weighted by Crippen LogP contribution is 2.11. The maximum absolute atomic E-state index is 11.7. The van der Waals surface area contributed by atoms with Gasteiger partial charge in [-0.15, -0.1) is 0 Å². The molecule has 1 N–H and O–H groups in total. The number of alkyl halides is 2. The first-order valence-corrected chi connectivity index (χ1v) is 5.66. The minimum absolute atomic E-state index is 0.0600. The van der Waals surface area contributed by atoms with Crippen LogP contribution in [0.3, 0.4) is 0 Å². The van der Waals surface area contributed by atoms with E-state index in [1.54, 1.807) is 0 Å². The third kappa shape index (κ3) is 11.8. The number of hydrogen-bond acceptors (Lipinski definition) is 1. The van der Waals surface area contributed by atoms with Crippen molar-refractivity contribution in [2.75, 3.05) is 6.61 Å². The maximum atomic E-state index is 11.7. The van der Waals surface area contributed by atoms with E-state index in [-0.39, 0.29) is 13.0 Å². The molecule has 0 aromatic rings. The van der Waals surface area contributed by atoms with Crippen LogP contribution in [0.2, 0.25) is 0 Å². The quantitative estimate of drug-likeness (QED) is 0.542. The number of hydrogen-bond donors (Lipinski definition) is 1. The van der Waals surface area contributed by atoms with Gasteiger partial charge >= 0.3 is 0 Å². The Balaban J connectivity index is 2.85. The van der Waals surface area contributed by atoms with E-state index in [0.717, 1.165) is 38.5 Å². The van der Waals surface area contributed by atoms with Gasteiger partial charge in [0.25, 0.3) is 0 Å². The second-order valence-electron chi connectivity index (χ2n) is 3.73. The van der Waals surface area contributed by atoms with Crippen molar-refractivity contribution in [3.8, 4) is 0 Å². The summed E-state index contributed by atoms with van der Waals surface area (Å²) in [6, 6.07) is 0. The molecule has 86 valence electrons. The van der Waals surface area contributed by atoms with Crippen LogP contribution in [0.4, 0.5) is 8.78 Å². The molecule has 0 atom stereocenters. The molecule has 0 aliphatic carbocycles. The van der Waals surface area contributed by atoms with E-state index in [9.17, 15) is 8.78 Å². The lowest BCUT2D eigenvalue weighted by Gasteiger charge is -2.01. The lowest BCUT2D eigenvalue weighted by molar-refractivity contribution is 0.133. The number of halogens is 2. The van der Waals surface area contributed by atoms with Crippen molar-refractivity contribution in [1.82, 2.24) is 0 Å². The monoisotopic (exact) mass is 208 g/mol. The molecule has 0 aliphatic rings. The molecule has 0 bridgehead atoms. The highest BCUT2D eigenvalue weighted by molar-refractivity contribution is 4.48. The van der Waals surface area contributed by atoms with E-state index in [4.69, 9.17) is 5.11 Å². The molecule has 0 radical (unpaired) electrons. The van der Waals surface area contributed by atoms with Gasteiger partial charge in [0.05, 0.1) is 0 Å². The highest BCUT2D eigenvalue weighted by atomic mass is 19.3. The Morgan fingerprint density at radius 3 is 1.57 bits per heavy atom. The molecule has 0 fully saturated rings. The van der Waals surface area contributed by atoms with Crippen LogP contribution < -0.4 is 0 Å². The molecule has 1 nitrogen and oxygen atoms in total. The fourth-order valence-corrected chi connectivity index (χ4v) is 1.47. The van der Waals surface area contributed by atoms with Gasteiger partial charge in [-0.05, 0) is 12.8 Å². The molecule has 0 saturated heterocycles. The van der Waals surface area contributed by atoms with Crippen LogP contribution in [-0.4, -0.2) is 18.1 Å². The maximum Gasteiger partial charge on any atom is 0.238 e. The fraction of sp³-hybridized carbons (Fsp3) is 1.00. The number of aliphatic hydroxyl groups excluding tert-OH is 1. The van der Waals surface area contributed by atoms with E-state index in [1.807, 2.05) is 0 Å². The van der Waals surface area contributed by atoms with E-state index < -0.39 is 6.43 Å². The van der Waals surface area contributed by atoms with Crippen LogP contribution in [0.5, 0.6) is 0 Å². The summed E-state index contributed by atoms with van der Waals surface area (Å²) < 4.78 is 23.5. The first kappa shape index (κ1) is 13.8. The van der Waals surface area contributed by atoms with Crippen LogP contribution in [0.25, 0.3) is 0 Å². The van der Waals surface area contributed by atoms with Gasteiger partial charge in [-0.3, -0.25) is 0 Å². The van der Waals surface area contributed by atoms with Gasteiger partial charge in [-0.25, -0.2) is 8.78 Å². The lowest BCUT2D eigenvalue weighted by atomic mass is 10.1. The molecule has 0 aromatic carbocycles. The van der Waals surface area contributed by atoms with E-state index in [1.165, 1.54) is 6.42 Å². The van der Waals surface area contributed by atoms with Gasteiger partial charge in [-0.1, -0.05) is 38.5 Å². The summed E-state index contributed by atoms with van der Waals surface area (Å²) >= 11 is 0. The average molecular weight is 208 g/mol. The average Bonchev–Trinajstić information content (AvgIpc) is 2.15. The normalized spacial score (nSPS) is 11.1. The molecule has 0 unspecified atom stereocenters. The summed E-state index contributed by atoms with van der Waals surface area (Å²) in [5, 5.41) is 8.52. The Kier molecular flexibility index (Phi) is 10.8. The van der Waals surface area contributed by atoms with Crippen LogP contribution >= 0.6 is 0 Å². The summed E-state index contributed by atoms with van der Waals surface area (Å²) in [5.74, 6) is 0. The van der Waals surface area contributed by atoms with Crippen molar-refractivity contribution in [2.24, 2.45) is 0 Å². The highest BCUT2D eigenvalue weighted by Gasteiger charge is 2.00.